The smallest absolute Gasteiger partial charge is 0.342 e. The maximum atomic E-state index is 15.2. The molecule has 2 fully saturated rings. The second-order valence-electron chi connectivity index (χ2n) is 27.1. The maximum Gasteiger partial charge on any atom is 0.342 e. The molecule has 0 radical (unpaired) electrons. The maximum absolute atomic E-state index is 15.2. The fourth-order valence-electron chi connectivity index (χ4n) is 11.2. The minimum Gasteiger partial charge on any atom is -0.481 e. The summed E-state index contributed by atoms with van der Waals surface area (Å²) in [6, 6.07) is 0. The van der Waals surface area contributed by atoms with E-state index in [9.17, 15) is 19.5 Å². The zero-order chi connectivity index (χ0) is 52.7. The number of carboxylic acids is 1. The van der Waals surface area contributed by atoms with Crippen LogP contribution in [0, 0.1) is 68.5 Å². The van der Waals surface area contributed by atoms with Gasteiger partial charge in [0.2, 0.25) is 11.8 Å². The number of hydrogen-bond donors (Lipinski definition) is 4. The van der Waals surface area contributed by atoms with E-state index in [1.807, 2.05) is 27.7 Å². The highest BCUT2D eigenvalue weighted by Gasteiger charge is 2.51. The molecule has 1 aromatic rings. The molecule has 2 saturated carbocycles. The van der Waals surface area contributed by atoms with Crippen molar-refractivity contribution >= 4 is 47.5 Å². The molecule has 12 nitrogen and oxygen atoms in total. The van der Waals surface area contributed by atoms with Crippen molar-refractivity contribution in [1.29, 1.82) is 0 Å². The summed E-state index contributed by atoms with van der Waals surface area (Å²) < 4.78 is 13.6. The molecule has 2 heterocycles. The van der Waals surface area contributed by atoms with Crippen molar-refractivity contribution in [2.75, 3.05) is 5.32 Å². The highest BCUT2D eigenvalue weighted by atomic mass is 16.5. The number of esters is 2. The lowest BCUT2D eigenvalue weighted by Gasteiger charge is -2.50. The van der Waals surface area contributed by atoms with Gasteiger partial charge >= 0.3 is 17.9 Å². The van der Waals surface area contributed by atoms with Gasteiger partial charge in [0.25, 0.3) is 0 Å². The molecule has 4 N–H and O–H groups in total. The minimum atomic E-state index is -1.00. The highest BCUT2D eigenvalue weighted by Crippen LogP contribution is 2.52. The van der Waals surface area contributed by atoms with Gasteiger partial charge in [0, 0.05) is 47.6 Å². The van der Waals surface area contributed by atoms with E-state index >= 15 is 9.59 Å². The number of aromatic nitrogens is 1. The zero-order valence-corrected chi connectivity index (χ0v) is 46.6. The standard InChI is InChI=1S/C57H92N4O8/c1-30(2)42-38(58-48(60-40(62)23-22-24-41(63)64)44(42)50(65)68-46-34(53(7,8)9)25-32(5)26-35(46)54(10,11)12)29-39-43(31(3)4)45(49(59-39)61-52(67)57(19,20)21)51(66)69-47-36(55(13,14)15)27-33(6)28-37(47)56(16,17)18/h29-37,46-47,58H,22-28H2,1-21H3,(H,60,62)(H,63,64)(H,59,61,67). The van der Waals surface area contributed by atoms with E-state index in [-0.39, 0.29) is 105 Å². The van der Waals surface area contributed by atoms with Crippen molar-refractivity contribution in [3.05, 3.63) is 33.7 Å². The number of aliphatic imine (C=N–C) groups is 1. The first-order chi connectivity index (χ1) is 31.3. The van der Waals surface area contributed by atoms with Crippen LogP contribution >= 0.6 is 0 Å². The van der Waals surface area contributed by atoms with Crippen molar-refractivity contribution in [3.63, 3.8) is 0 Å². The molecule has 69 heavy (non-hydrogen) atoms. The Labute approximate surface area is 415 Å². The summed E-state index contributed by atoms with van der Waals surface area (Å²) in [4.78, 5) is 77.6. The molecule has 0 spiro atoms. The SMILES string of the molecule is CC1CC(C(C)(C)C)C(OC(=O)C2=C(C(C)C)C(=Cc3[nH]c(NC(=O)CCCC(=O)O)c(C(=O)OC4C(C(C)(C)C)CC(C)CC4C(C)(C)C)c3C(C)C)N=C2NC(=O)C(C)(C)C)C(C(C)(C)C)C1. The van der Waals surface area contributed by atoms with Gasteiger partial charge in [-0.05, 0) is 94.6 Å². The number of rotatable bonds is 12. The molecule has 4 atom stereocenters. The number of aromatic amines is 1. The van der Waals surface area contributed by atoms with Gasteiger partial charge in [-0.25, -0.2) is 14.6 Å². The molecule has 2 aliphatic carbocycles. The first kappa shape index (κ1) is 57.4. The van der Waals surface area contributed by atoms with Crippen LogP contribution in [0.3, 0.4) is 0 Å². The van der Waals surface area contributed by atoms with E-state index in [1.54, 1.807) is 26.8 Å². The molecule has 1 aromatic heterocycles. The van der Waals surface area contributed by atoms with Crippen molar-refractivity contribution in [3.8, 4) is 0 Å². The van der Waals surface area contributed by atoms with Gasteiger partial charge in [-0.1, -0.05) is 145 Å². The summed E-state index contributed by atoms with van der Waals surface area (Å²) in [5.74, 6) is -2.02. The van der Waals surface area contributed by atoms with Crippen molar-refractivity contribution in [2.45, 2.75) is 208 Å². The van der Waals surface area contributed by atoms with Crippen LogP contribution in [0.2, 0.25) is 0 Å². The molecule has 388 valence electrons. The van der Waals surface area contributed by atoms with Crippen LogP contribution in [0.5, 0.6) is 0 Å². The monoisotopic (exact) mass is 961 g/mol. The van der Waals surface area contributed by atoms with E-state index in [1.165, 1.54) is 0 Å². The lowest BCUT2D eigenvalue weighted by molar-refractivity contribution is -0.164. The number of nitrogens with one attached hydrogen (secondary N) is 3. The van der Waals surface area contributed by atoms with Crippen LogP contribution in [-0.4, -0.2) is 57.9 Å². The quantitative estimate of drug-likeness (QED) is 0.150. The predicted molar refractivity (Wildman–Crippen MR) is 278 cm³/mol. The molecular formula is C57H92N4O8. The van der Waals surface area contributed by atoms with Gasteiger partial charge < -0.3 is 30.2 Å². The van der Waals surface area contributed by atoms with E-state index in [4.69, 9.17) is 14.5 Å². The summed E-state index contributed by atoms with van der Waals surface area (Å²) in [6.07, 6.45) is 4.47. The van der Waals surface area contributed by atoms with E-state index < -0.39 is 41.4 Å². The number of allylic oxidation sites excluding steroid dienone is 1. The Hall–Kier alpha value is -4.22. The topological polar surface area (TPSA) is 176 Å². The fourth-order valence-corrected chi connectivity index (χ4v) is 11.2. The lowest BCUT2D eigenvalue weighted by Crippen LogP contribution is -2.50. The highest BCUT2D eigenvalue weighted by molar-refractivity contribution is 6.26. The minimum absolute atomic E-state index is 0.0624. The number of H-pyrrole nitrogens is 1. The third kappa shape index (κ3) is 14.0. The van der Waals surface area contributed by atoms with Gasteiger partial charge in [-0.3, -0.25) is 14.4 Å². The Kier molecular flexibility index (Phi) is 17.7. The Bertz CT molecular complexity index is 2120. The number of aliphatic carboxylic acids is 1. The van der Waals surface area contributed by atoms with Crippen molar-refractivity contribution in [2.24, 2.45) is 73.5 Å². The summed E-state index contributed by atoms with van der Waals surface area (Å²) >= 11 is 0. The lowest BCUT2D eigenvalue weighted by atomic mass is 9.59. The van der Waals surface area contributed by atoms with Crippen LogP contribution in [0.25, 0.3) is 6.08 Å². The second kappa shape index (κ2) is 21.2. The van der Waals surface area contributed by atoms with Crippen LogP contribution in [-0.2, 0) is 28.7 Å². The summed E-state index contributed by atoms with van der Waals surface area (Å²) in [5, 5.41) is 15.3. The number of amides is 2. The summed E-state index contributed by atoms with van der Waals surface area (Å²) in [6.45, 7) is 44.3. The average molecular weight is 961 g/mol. The van der Waals surface area contributed by atoms with Gasteiger partial charge in [0.15, 0.2) is 0 Å². The van der Waals surface area contributed by atoms with Gasteiger partial charge in [0.05, 0.1) is 5.70 Å². The number of carbonyl (C=O) groups is 5. The Morgan fingerprint density at radius 1 is 0.667 bits per heavy atom. The van der Waals surface area contributed by atoms with Crippen LogP contribution in [0.4, 0.5) is 5.82 Å². The molecule has 4 rings (SSSR count). The number of nitrogens with zero attached hydrogens (tertiary/aromatic N) is 1. The van der Waals surface area contributed by atoms with Crippen LogP contribution in [0.15, 0.2) is 21.8 Å². The molecule has 1 aliphatic heterocycles. The molecule has 3 aliphatic rings. The Balaban J connectivity index is 2.00. The molecule has 4 unspecified atom stereocenters. The molecule has 0 saturated heterocycles. The zero-order valence-electron chi connectivity index (χ0n) is 46.6. The van der Waals surface area contributed by atoms with Gasteiger partial charge in [-0.15, -0.1) is 0 Å². The van der Waals surface area contributed by atoms with Crippen LogP contribution in [0.1, 0.15) is 218 Å². The van der Waals surface area contributed by atoms with E-state index in [0.717, 1.165) is 25.7 Å². The Morgan fingerprint density at radius 2 is 1.10 bits per heavy atom. The van der Waals surface area contributed by atoms with Crippen molar-refractivity contribution < 1.29 is 38.6 Å². The second-order valence-corrected chi connectivity index (χ2v) is 27.1. The molecule has 0 aromatic carbocycles. The van der Waals surface area contributed by atoms with Crippen LogP contribution < -0.4 is 10.6 Å². The molecule has 0 bridgehead atoms. The third-order valence-corrected chi connectivity index (χ3v) is 15.0. The number of carbonyl (C=O) groups excluding carboxylic acids is 4. The largest absolute Gasteiger partial charge is 0.481 e. The molecule has 12 heteroatoms. The number of carboxylic acid groups (broad SMARTS) is 1. The first-order valence-electron chi connectivity index (χ1n) is 25.9. The van der Waals surface area contributed by atoms with Gasteiger partial charge in [-0.2, -0.15) is 0 Å². The van der Waals surface area contributed by atoms with E-state index in [0.29, 0.717) is 34.4 Å². The molecular weight excluding hydrogens is 869 g/mol. The number of amidine groups is 1. The number of ether oxygens (including phenoxy) is 2. The normalized spacial score (nSPS) is 25.8. The molecule has 2 amide bonds. The van der Waals surface area contributed by atoms with E-state index in [2.05, 4.69) is 113 Å². The third-order valence-electron chi connectivity index (χ3n) is 15.0. The predicted octanol–water partition coefficient (Wildman–Crippen LogP) is 13.1. The summed E-state index contributed by atoms with van der Waals surface area (Å²) in [5.41, 5.74) is 0.963. The average Bonchev–Trinajstić information content (AvgIpc) is 3.71. The van der Waals surface area contributed by atoms with Gasteiger partial charge in [0.1, 0.15) is 35.0 Å². The van der Waals surface area contributed by atoms with Crippen molar-refractivity contribution in [1.82, 2.24) is 10.3 Å². The fraction of sp³-hybridized carbons (Fsp3) is 0.754. The first-order valence-corrected chi connectivity index (χ1v) is 25.9. The Morgan fingerprint density at radius 3 is 1.48 bits per heavy atom. The number of anilines is 1. The number of hydrogen-bond acceptors (Lipinski definition) is 8. The summed E-state index contributed by atoms with van der Waals surface area (Å²) in [7, 11) is 0.